The Balaban J connectivity index is 1.59. The molecule has 0 saturated carbocycles. The van der Waals surface area contributed by atoms with Gasteiger partial charge in [-0.2, -0.15) is 0 Å². The zero-order chi connectivity index (χ0) is 17.6. The van der Waals surface area contributed by atoms with E-state index in [1.807, 2.05) is 0 Å². The van der Waals surface area contributed by atoms with E-state index in [0.717, 1.165) is 12.8 Å². The molecule has 2 heterocycles. The van der Waals surface area contributed by atoms with Crippen LogP contribution >= 0.6 is 0 Å². The van der Waals surface area contributed by atoms with E-state index in [9.17, 15) is 9.18 Å². The predicted molar refractivity (Wildman–Crippen MR) is 87.7 cm³/mol. The molecule has 0 aliphatic carbocycles. The topological polar surface area (TPSA) is 64.8 Å². The Morgan fingerprint density at radius 3 is 3.08 bits per heavy atom. The van der Waals surface area contributed by atoms with Gasteiger partial charge in [-0.15, -0.1) is 0 Å². The van der Waals surface area contributed by atoms with Crippen LogP contribution in [0.3, 0.4) is 0 Å². The zero-order valence-electron chi connectivity index (χ0n) is 14.1. The molecule has 0 radical (unpaired) electrons. The first-order chi connectivity index (χ1) is 12.2. The third-order valence-corrected chi connectivity index (χ3v) is 4.17. The first-order valence-corrected chi connectivity index (χ1v) is 8.27. The van der Waals surface area contributed by atoms with Crippen molar-refractivity contribution in [3.8, 4) is 5.75 Å². The Morgan fingerprint density at radius 1 is 1.44 bits per heavy atom. The number of hydrogen-bond acceptors (Lipinski definition) is 5. The molecule has 0 bridgehead atoms. The van der Waals surface area contributed by atoms with Crippen LogP contribution in [-0.2, 0) is 11.3 Å². The number of rotatable bonds is 6. The molecular weight excluding hydrogens is 327 g/mol. The van der Waals surface area contributed by atoms with E-state index in [1.54, 1.807) is 24.1 Å². The third kappa shape index (κ3) is 4.36. The number of nitrogens with zero attached hydrogens (tertiary/aromatic N) is 2. The van der Waals surface area contributed by atoms with Crippen LogP contribution in [0, 0.1) is 11.7 Å². The predicted octanol–water partition coefficient (Wildman–Crippen LogP) is 2.89. The second-order valence-electron chi connectivity index (χ2n) is 6.06. The summed E-state index contributed by atoms with van der Waals surface area (Å²) in [5.41, 5.74) is 0.241. The van der Waals surface area contributed by atoms with Gasteiger partial charge in [-0.1, -0.05) is 12.1 Å². The first-order valence-electron chi connectivity index (χ1n) is 8.27. The Kier molecular flexibility index (Phi) is 5.65. The zero-order valence-corrected chi connectivity index (χ0v) is 14.1. The summed E-state index contributed by atoms with van der Waals surface area (Å²) in [4.78, 5) is 18.5. The molecule has 1 amide bonds. The lowest BCUT2D eigenvalue weighted by Crippen LogP contribution is -2.41. The number of amides is 1. The fourth-order valence-electron chi connectivity index (χ4n) is 2.96. The SMILES string of the molecule is COC[C@@H]1CCCN(C(=O)c2coc(COc3ccccc3F)n2)C1. The lowest BCUT2D eigenvalue weighted by atomic mass is 9.99. The molecule has 3 rings (SSSR count). The largest absolute Gasteiger partial charge is 0.481 e. The van der Waals surface area contributed by atoms with E-state index in [4.69, 9.17) is 13.9 Å². The molecule has 1 aliphatic heterocycles. The van der Waals surface area contributed by atoms with E-state index >= 15 is 0 Å². The molecule has 0 N–H and O–H groups in total. The molecule has 2 aromatic rings. The molecule has 7 heteroatoms. The standard InChI is InChI=1S/C18H21FN2O4/c1-23-10-13-5-4-8-21(9-13)18(22)15-11-25-17(20-15)12-24-16-7-3-2-6-14(16)19/h2-3,6-7,11,13H,4-5,8-10,12H2,1H3/t13-/m1/s1. The number of piperidine rings is 1. The molecule has 1 fully saturated rings. The van der Waals surface area contributed by atoms with Crippen LogP contribution < -0.4 is 4.74 Å². The van der Waals surface area contributed by atoms with E-state index < -0.39 is 5.82 Å². The number of para-hydroxylation sites is 1. The second kappa shape index (κ2) is 8.11. The van der Waals surface area contributed by atoms with Gasteiger partial charge in [-0.3, -0.25) is 4.79 Å². The molecule has 1 aromatic heterocycles. The summed E-state index contributed by atoms with van der Waals surface area (Å²) in [6.45, 7) is 1.96. The number of carbonyl (C=O) groups is 1. The van der Waals surface area contributed by atoms with Gasteiger partial charge in [0.25, 0.3) is 5.91 Å². The third-order valence-electron chi connectivity index (χ3n) is 4.17. The van der Waals surface area contributed by atoms with Crippen LogP contribution in [0.5, 0.6) is 5.75 Å². The Hall–Kier alpha value is -2.41. The minimum atomic E-state index is -0.456. The number of benzene rings is 1. The Morgan fingerprint density at radius 2 is 2.28 bits per heavy atom. The van der Waals surface area contributed by atoms with Crippen LogP contribution in [0.25, 0.3) is 0 Å². The van der Waals surface area contributed by atoms with E-state index in [0.29, 0.717) is 25.6 Å². The Labute approximate surface area is 145 Å². The summed E-state index contributed by atoms with van der Waals surface area (Å²) in [6, 6.07) is 6.09. The highest BCUT2D eigenvalue weighted by Crippen LogP contribution is 2.20. The number of halogens is 1. The van der Waals surface area contributed by atoms with E-state index in [-0.39, 0.29) is 29.8 Å². The monoisotopic (exact) mass is 348 g/mol. The fourth-order valence-corrected chi connectivity index (χ4v) is 2.96. The number of aromatic nitrogens is 1. The maximum Gasteiger partial charge on any atom is 0.275 e. The average Bonchev–Trinajstić information content (AvgIpc) is 3.10. The highest BCUT2D eigenvalue weighted by atomic mass is 19.1. The molecule has 1 atom stereocenters. The average molecular weight is 348 g/mol. The number of likely N-dealkylation sites (tertiary alicyclic amines) is 1. The Bertz CT molecular complexity index is 717. The smallest absolute Gasteiger partial charge is 0.275 e. The molecule has 6 nitrogen and oxygen atoms in total. The van der Waals surface area contributed by atoms with Gasteiger partial charge in [0.1, 0.15) is 6.26 Å². The van der Waals surface area contributed by atoms with Crippen LogP contribution in [0.1, 0.15) is 29.2 Å². The van der Waals surface area contributed by atoms with Crippen LogP contribution in [0.15, 0.2) is 34.9 Å². The number of carbonyl (C=O) groups excluding carboxylic acids is 1. The van der Waals surface area contributed by atoms with Gasteiger partial charge in [-0.05, 0) is 30.9 Å². The number of hydrogen-bond donors (Lipinski definition) is 0. The summed E-state index contributed by atoms with van der Waals surface area (Å²) in [6.07, 6.45) is 3.32. The minimum absolute atomic E-state index is 0.0412. The van der Waals surface area contributed by atoms with Crippen molar-refractivity contribution in [1.82, 2.24) is 9.88 Å². The molecule has 1 saturated heterocycles. The van der Waals surface area contributed by atoms with Gasteiger partial charge in [0.05, 0.1) is 6.61 Å². The van der Waals surface area contributed by atoms with Crippen LogP contribution in [0.2, 0.25) is 0 Å². The van der Waals surface area contributed by atoms with Crippen molar-refractivity contribution in [3.63, 3.8) is 0 Å². The van der Waals surface area contributed by atoms with Gasteiger partial charge < -0.3 is 18.8 Å². The summed E-state index contributed by atoms with van der Waals surface area (Å²) in [5.74, 6) is 0.0760. The minimum Gasteiger partial charge on any atom is -0.481 e. The van der Waals surface area contributed by atoms with Crippen molar-refractivity contribution in [2.24, 2.45) is 5.92 Å². The molecular formula is C18H21FN2O4. The van der Waals surface area contributed by atoms with Crippen LogP contribution in [0.4, 0.5) is 4.39 Å². The summed E-state index contributed by atoms with van der Waals surface area (Å²) in [5, 5.41) is 0. The molecule has 134 valence electrons. The van der Waals surface area contributed by atoms with Gasteiger partial charge in [-0.25, -0.2) is 9.37 Å². The molecule has 0 spiro atoms. The number of ether oxygens (including phenoxy) is 2. The van der Waals surface area contributed by atoms with Gasteiger partial charge >= 0.3 is 0 Å². The molecule has 1 aliphatic rings. The second-order valence-corrected chi connectivity index (χ2v) is 6.06. The molecule has 25 heavy (non-hydrogen) atoms. The van der Waals surface area contributed by atoms with Gasteiger partial charge in [0, 0.05) is 20.2 Å². The van der Waals surface area contributed by atoms with Crippen molar-refractivity contribution >= 4 is 5.91 Å². The quantitative estimate of drug-likeness (QED) is 0.803. The summed E-state index contributed by atoms with van der Waals surface area (Å²) < 4.78 is 29.3. The fraction of sp³-hybridized carbons (Fsp3) is 0.444. The van der Waals surface area contributed by atoms with Crippen molar-refractivity contribution in [2.45, 2.75) is 19.4 Å². The highest BCUT2D eigenvalue weighted by molar-refractivity contribution is 5.92. The lowest BCUT2D eigenvalue weighted by molar-refractivity contribution is 0.0565. The first kappa shape index (κ1) is 17.4. The van der Waals surface area contributed by atoms with Crippen molar-refractivity contribution in [2.75, 3.05) is 26.8 Å². The van der Waals surface area contributed by atoms with Crippen molar-refractivity contribution in [1.29, 1.82) is 0 Å². The maximum atomic E-state index is 13.5. The van der Waals surface area contributed by atoms with Gasteiger partial charge in [0.2, 0.25) is 5.89 Å². The number of oxazole rings is 1. The van der Waals surface area contributed by atoms with E-state index in [1.165, 1.54) is 18.4 Å². The van der Waals surface area contributed by atoms with Crippen molar-refractivity contribution < 1.29 is 23.1 Å². The maximum absolute atomic E-state index is 13.5. The lowest BCUT2D eigenvalue weighted by Gasteiger charge is -2.31. The van der Waals surface area contributed by atoms with Crippen LogP contribution in [-0.4, -0.2) is 42.6 Å². The summed E-state index contributed by atoms with van der Waals surface area (Å²) in [7, 11) is 1.67. The van der Waals surface area contributed by atoms with Crippen molar-refractivity contribution in [3.05, 3.63) is 47.9 Å². The normalized spacial score (nSPS) is 17.5. The summed E-state index contributed by atoms with van der Waals surface area (Å²) >= 11 is 0. The molecule has 1 aromatic carbocycles. The highest BCUT2D eigenvalue weighted by Gasteiger charge is 2.26. The molecule has 0 unspecified atom stereocenters. The number of methoxy groups -OCH3 is 1. The van der Waals surface area contributed by atoms with Gasteiger partial charge in [0.15, 0.2) is 23.9 Å². The van der Waals surface area contributed by atoms with E-state index in [2.05, 4.69) is 4.98 Å².